The molecule has 0 aliphatic carbocycles. The predicted octanol–water partition coefficient (Wildman–Crippen LogP) is 14.4. The van der Waals surface area contributed by atoms with Gasteiger partial charge in [-0.2, -0.15) is 0 Å². The quantitative estimate of drug-likeness (QED) is 0.165. The van der Waals surface area contributed by atoms with Crippen LogP contribution in [0.2, 0.25) is 0 Å². The summed E-state index contributed by atoms with van der Waals surface area (Å²) in [6.45, 7) is 0. The normalized spacial score (nSPS) is 11.5. The minimum Gasteiger partial charge on any atom is -0.456 e. The molecule has 10 aromatic rings. The maximum Gasteiger partial charge on any atom is 0.136 e. The first-order valence-corrected chi connectivity index (χ1v) is 17.8. The van der Waals surface area contributed by atoms with Crippen LogP contribution in [0.4, 0.5) is 17.1 Å². The Bertz CT molecular complexity index is 2910. The number of benzene rings is 9. The number of fused-ring (bicyclic) bond motifs is 6. The Hall–Kier alpha value is -6.90. The van der Waals surface area contributed by atoms with Crippen molar-refractivity contribution in [2.24, 2.45) is 0 Å². The van der Waals surface area contributed by atoms with Crippen LogP contribution >= 0.6 is 0 Å². The average Bonchev–Trinajstić information content (AvgIpc) is 3.58. The Morgan fingerprint density at radius 3 is 1.63 bits per heavy atom. The van der Waals surface area contributed by atoms with E-state index >= 15 is 0 Å². The molecule has 0 saturated heterocycles. The highest BCUT2D eigenvalue weighted by atomic mass is 16.3. The van der Waals surface area contributed by atoms with Crippen LogP contribution in [0.3, 0.4) is 0 Å². The van der Waals surface area contributed by atoms with Gasteiger partial charge in [-0.05, 0) is 110 Å². The first kappa shape index (κ1) is 30.0. The lowest BCUT2D eigenvalue weighted by atomic mass is 9.89. The number of anilines is 3. The smallest absolute Gasteiger partial charge is 0.136 e. The van der Waals surface area contributed by atoms with Gasteiger partial charge in [0.1, 0.15) is 11.2 Å². The molecule has 52 heavy (non-hydrogen) atoms. The third-order valence-corrected chi connectivity index (χ3v) is 10.2. The topological polar surface area (TPSA) is 16.4 Å². The predicted molar refractivity (Wildman–Crippen MR) is 220 cm³/mol. The van der Waals surface area contributed by atoms with Gasteiger partial charge in [0.2, 0.25) is 0 Å². The van der Waals surface area contributed by atoms with E-state index in [9.17, 15) is 0 Å². The van der Waals surface area contributed by atoms with Crippen LogP contribution in [0.5, 0.6) is 0 Å². The van der Waals surface area contributed by atoms with Gasteiger partial charge in [-0.25, -0.2) is 0 Å². The largest absolute Gasteiger partial charge is 0.456 e. The van der Waals surface area contributed by atoms with Crippen molar-refractivity contribution < 1.29 is 4.42 Å². The number of hydrogen-bond acceptors (Lipinski definition) is 2. The van der Waals surface area contributed by atoms with Gasteiger partial charge in [0.15, 0.2) is 0 Å². The molecule has 1 heterocycles. The van der Waals surface area contributed by atoms with Crippen LogP contribution < -0.4 is 4.90 Å². The zero-order chi connectivity index (χ0) is 34.4. The maximum atomic E-state index is 6.26. The lowest BCUT2D eigenvalue weighted by Gasteiger charge is -2.26. The van der Waals surface area contributed by atoms with E-state index in [4.69, 9.17) is 4.42 Å². The van der Waals surface area contributed by atoms with E-state index in [0.29, 0.717) is 0 Å². The molecule has 0 bridgehead atoms. The molecule has 10 rings (SSSR count). The van der Waals surface area contributed by atoms with E-state index in [1.165, 1.54) is 44.0 Å². The van der Waals surface area contributed by atoms with Crippen LogP contribution in [-0.2, 0) is 0 Å². The lowest BCUT2D eigenvalue weighted by Crippen LogP contribution is -2.10. The fourth-order valence-electron chi connectivity index (χ4n) is 7.79. The molecule has 1 aromatic heterocycles. The number of para-hydroxylation sites is 2. The van der Waals surface area contributed by atoms with Gasteiger partial charge >= 0.3 is 0 Å². The number of furan rings is 1. The molecule has 0 aliphatic rings. The fraction of sp³-hybridized carbons (Fsp3) is 0. The summed E-state index contributed by atoms with van der Waals surface area (Å²) >= 11 is 0. The summed E-state index contributed by atoms with van der Waals surface area (Å²) in [6.07, 6.45) is 0. The molecule has 2 heteroatoms. The zero-order valence-corrected chi connectivity index (χ0v) is 28.4. The molecule has 2 nitrogen and oxygen atoms in total. The van der Waals surface area contributed by atoms with Crippen molar-refractivity contribution in [3.05, 3.63) is 200 Å². The second-order valence-electron chi connectivity index (χ2n) is 13.3. The highest BCUT2D eigenvalue weighted by molar-refractivity contribution is 6.17. The van der Waals surface area contributed by atoms with Gasteiger partial charge in [-0.1, -0.05) is 146 Å². The Balaban J connectivity index is 1.14. The van der Waals surface area contributed by atoms with E-state index in [0.717, 1.165) is 50.0 Å². The van der Waals surface area contributed by atoms with Crippen molar-refractivity contribution in [2.75, 3.05) is 4.90 Å². The molecule has 0 amide bonds. The minimum absolute atomic E-state index is 0.915. The molecule has 244 valence electrons. The Morgan fingerprint density at radius 1 is 0.288 bits per heavy atom. The molecule has 0 saturated carbocycles. The van der Waals surface area contributed by atoms with Crippen molar-refractivity contribution in [2.45, 2.75) is 0 Å². The van der Waals surface area contributed by atoms with Crippen molar-refractivity contribution in [3.8, 4) is 33.4 Å². The van der Waals surface area contributed by atoms with Gasteiger partial charge < -0.3 is 9.32 Å². The van der Waals surface area contributed by atoms with Crippen LogP contribution in [-0.4, -0.2) is 0 Å². The van der Waals surface area contributed by atoms with E-state index in [1.807, 2.05) is 12.1 Å². The van der Waals surface area contributed by atoms with E-state index in [-0.39, 0.29) is 0 Å². The van der Waals surface area contributed by atoms with Crippen LogP contribution in [0.15, 0.2) is 205 Å². The van der Waals surface area contributed by atoms with E-state index in [2.05, 4.69) is 193 Å². The summed E-state index contributed by atoms with van der Waals surface area (Å²) in [5.41, 5.74) is 12.3. The highest BCUT2D eigenvalue weighted by Gasteiger charge is 2.17. The minimum atomic E-state index is 0.915. The molecule has 9 aromatic carbocycles. The molecule has 0 radical (unpaired) electrons. The molecule has 0 atom stereocenters. The van der Waals surface area contributed by atoms with Crippen molar-refractivity contribution in [3.63, 3.8) is 0 Å². The van der Waals surface area contributed by atoms with Crippen LogP contribution in [0.25, 0.3) is 76.9 Å². The SMILES string of the molecule is c1ccc(-c2ccccc2-c2ccccc2-c2cccc(N(c3ccccc3)c3ccc4ccc5cc6oc7ccccc7c6cc5c4c3)c2)cc1. The van der Waals surface area contributed by atoms with Gasteiger partial charge in [-0.15, -0.1) is 0 Å². The summed E-state index contributed by atoms with van der Waals surface area (Å²) in [6, 6.07) is 71.8. The second kappa shape index (κ2) is 12.5. The van der Waals surface area contributed by atoms with Crippen LogP contribution in [0, 0.1) is 0 Å². The standard InChI is InChI=1S/C50H33NO/c1-3-14-34(15-4-1)41-20-7-9-22-43(41)44-23-10-8-21-42(44)36-16-13-19-39(30-36)51(38-17-5-2-6-18-38)40-29-28-35-26-27-37-31-50-48(33-47(37)46(35)32-40)45-24-11-12-25-49(45)52-50/h1-33H. The summed E-state index contributed by atoms with van der Waals surface area (Å²) in [4.78, 5) is 2.37. The number of hydrogen-bond donors (Lipinski definition) is 0. The van der Waals surface area contributed by atoms with Crippen molar-refractivity contribution >= 4 is 60.5 Å². The first-order valence-electron chi connectivity index (χ1n) is 17.8. The lowest BCUT2D eigenvalue weighted by molar-refractivity contribution is 0.669. The molecule has 0 unspecified atom stereocenters. The molecule has 0 aliphatic heterocycles. The summed E-state index contributed by atoms with van der Waals surface area (Å²) < 4.78 is 6.26. The van der Waals surface area contributed by atoms with E-state index < -0.39 is 0 Å². The van der Waals surface area contributed by atoms with Crippen molar-refractivity contribution in [1.82, 2.24) is 0 Å². The molecule has 0 fully saturated rings. The monoisotopic (exact) mass is 663 g/mol. The van der Waals surface area contributed by atoms with Gasteiger partial charge in [-0.3, -0.25) is 0 Å². The zero-order valence-electron chi connectivity index (χ0n) is 28.4. The third kappa shape index (κ3) is 5.12. The van der Waals surface area contributed by atoms with Gasteiger partial charge in [0, 0.05) is 27.8 Å². The fourth-order valence-corrected chi connectivity index (χ4v) is 7.79. The Morgan fingerprint density at radius 2 is 0.846 bits per heavy atom. The molecular formula is C50H33NO. The first-order chi connectivity index (χ1) is 25.8. The summed E-state index contributed by atoms with van der Waals surface area (Å²) in [5, 5.41) is 7.07. The molecular weight excluding hydrogens is 631 g/mol. The maximum absolute atomic E-state index is 6.26. The van der Waals surface area contributed by atoms with Gasteiger partial charge in [0.25, 0.3) is 0 Å². The highest BCUT2D eigenvalue weighted by Crippen LogP contribution is 2.43. The average molecular weight is 664 g/mol. The summed E-state index contributed by atoms with van der Waals surface area (Å²) in [7, 11) is 0. The van der Waals surface area contributed by atoms with Crippen molar-refractivity contribution in [1.29, 1.82) is 0 Å². The molecule has 0 N–H and O–H groups in total. The van der Waals surface area contributed by atoms with Crippen LogP contribution in [0.1, 0.15) is 0 Å². The van der Waals surface area contributed by atoms with E-state index in [1.54, 1.807) is 0 Å². The number of nitrogens with zero attached hydrogens (tertiary/aromatic N) is 1. The second-order valence-corrected chi connectivity index (χ2v) is 13.3. The third-order valence-electron chi connectivity index (χ3n) is 10.2. The Labute approximate surface area is 302 Å². The summed E-state index contributed by atoms with van der Waals surface area (Å²) in [5.74, 6) is 0. The molecule has 0 spiro atoms. The Kier molecular flexibility index (Phi) is 7.18. The van der Waals surface area contributed by atoms with Gasteiger partial charge in [0.05, 0.1) is 0 Å². The number of rotatable bonds is 6.